The summed E-state index contributed by atoms with van der Waals surface area (Å²) in [6, 6.07) is 8.29. The first kappa shape index (κ1) is 23.7. The largest absolute Gasteiger partial charge is 0.497 e. The molecule has 27 heavy (non-hydrogen) atoms. The number of guanidine groups is 1. The van der Waals surface area contributed by atoms with Crippen molar-refractivity contribution in [2.45, 2.75) is 45.6 Å². The number of nitrogens with zero attached hydrogens (tertiary/aromatic N) is 2. The summed E-state index contributed by atoms with van der Waals surface area (Å²) in [5.41, 5.74) is 2.42. The van der Waals surface area contributed by atoms with Crippen LogP contribution in [0.25, 0.3) is 0 Å². The van der Waals surface area contributed by atoms with Crippen molar-refractivity contribution in [1.29, 1.82) is 0 Å². The first-order chi connectivity index (χ1) is 12.6. The van der Waals surface area contributed by atoms with Crippen LogP contribution >= 0.6 is 35.3 Å². The van der Waals surface area contributed by atoms with E-state index in [9.17, 15) is 0 Å². The third kappa shape index (κ3) is 8.47. The molecule has 0 aliphatic heterocycles. The Kier molecular flexibility index (Phi) is 11.3. The molecule has 1 aromatic carbocycles. The van der Waals surface area contributed by atoms with Crippen LogP contribution in [0.5, 0.6) is 5.75 Å². The molecule has 2 aromatic rings. The lowest BCUT2D eigenvalue weighted by atomic mass is 10.1. The highest BCUT2D eigenvalue weighted by Gasteiger charge is 2.06. The SMILES string of the molecule is CN=C(NCCCCc1ccc(OC)cc1)NCc1csc(C(C)C)n1.I. The number of aryl methyl sites for hydroxylation is 1. The minimum Gasteiger partial charge on any atom is -0.497 e. The van der Waals surface area contributed by atoms with Crippen LogP contribution in [0.2, 0.25) is 0 Å². The van der Waals surface area contributed by atoms with E-state index in [2.05, 4.69) is 52.0 Å². The smallest absolute Gasteiger partial charge is 0.191 e. The van der Waals surface area contributed by atoms with Gasteiger partial charge in [-0.25, -0.2) is 4.98 Å². The number of benzene rings is 1. The van der Waals surface area contributed by atoms with Crippen molar-refractivity contribution in [3.05, 3.63) is 45.9 Å². The molecule has 0 spiro atoms. The van der Waals surface area contributed by atoms with Crippen LogP contribution < -0.4 is 15.4 Å². The van der Waals surface area contributed by atoms with Gasteiger partial charge in [0.05, 0.1) is 24.4 Å². The fourth-order valence-corrected chi connectivity index (χ4v) is 3.35. The molecule has 2 rings (SSSR count). The minimum absolute atomic E-state index is 0. The van der Waals surface area contributed by atoms with Crippen molar-refractivity contribution < 1.29 is 4.74 Å². The van der Waals surface area contributed by atoms with Gasteiger partial charge >= 0.3 is 0 Å². The quantitative estimate of drug-likeness (QED) is 0.228. The fourth-order valence-electron chi connectivity index (χ4n) is 2.52. The number of ether oxygens (including phenoxy) is 1. The van der Waals surface area contributed by atoms with Gasteiger partial charge in [0.2, 0.25) is 0 Å². The van der Waals surface area contributed by atoms with Crippen LogP contribution in [-0.4, -0.2) is 31.6 Å². The van der Waals surface area contributed by atoms with Crippen molar-refractivity contribution in [3.63, 3.8) is 0 Å². The normalized spacial score (nSPS) is 11.2. The van der Waals surface area contributed by atoms with Crippen molar-refractivity contribution in [2.75, 3.05) is 20.7 Å². The predicted molar refractivity (Wildman–Crippen MR) is 126 cm³/mol. The lowest BCUT2D eigenvalue weighted by molar-refractivity contribution is 0.414. The Hall–Kier alpha value is -1.35. The topological polar surface area (TPSA) is 58.5 Å². The lowest BCUT2D eigenvalue weighted by Crippen LogP contribution is -2.37. The van der Waals surface area contributed by atoms with Gasteiger partial charge in [-0.3, -0.25) is 4.99 Å². The molecule has 1 heterocycles. The second kappa shape index (κ2) is 12.9. The average molecular weight is 502 g/mol. The van der Waals surface area contributed by atoms with Crippen LogP contribution in [0.1, 0.15) is 48.9 Å². The van der Waals surface area contributed by atoms with Gasteiger partial charge in [-0.1, -0.05) is 26.0 Å². The maximum Gasteiger partial charge on any atom is 0.191 e. The van der Waals surface area contributed by atoms with Crippen LogP contribution in [0, 0.1) is 0 Å². The number of nitrogens with one attached hydrogen (secondary N) is 2. The van der Waals surface area contributed by atoms with Crippen molar-refractivity contribution in [3.8, 4) is 5.75 Å². The van der Waals surface area contributed by atoms with E-state index >= 15 is 0 Å². The van der Waals surface area contributed by atoms with Gasteiger partial charge in [0.25, 0.3) is 0 Å². The molecule has 150 valence electrons. The second-order valence-corrected chi connectivity index (χ2v) is 7.38. The van der Waals surface area contributed by atoms with E-state index in [1.807, 2.05) is 12.1 Å². The number of halogens is 1. The number of rotatable bonds is 9. The molecule has 0 saturated heterocycles. The van der Waals surface area contributed by atoms with E-state index in [0.717, 1.165) is 43.2 Å². The number of unbranched alkanes of at least 4 members (excludes halogenated alkanes) is 1. The van der Waals surface area contributed by atoms with Crippen molar-refractivity contribution in [2.24, 2.45) is 4.99 Å². The van der Waals surface area contributed by atoms with Gasteiger partial charge in [-0.15, -0.1) is 35.3 Å². The zero-order chi connectivity index (χ0) is 18.8. The Balaban J connectivity index is 0.00000364. The van der Waals surface area contributed by atoms with E-state index < -0.39 is 0 Å². The number of aromatic nitrogens is 1. The first-order valence-electron chi connectivity index (χ1n) is 9.14. The molecule has 2 N–H and O–H groups in total. The summed E-state index contributed by atoms with van der Waals surface area (Å²) in [6.07, 6.45) is 3.32. The summed E-state index contributed by atoms with van der Waals surface area (Å²) in [4.78, 5) is 8.91. The zero-order valence-corrected chi connectivity index (χ0v) is 19.8. The zero-order valence-electron chi connectivity index (χ0n) is 16.6. The fraction of sp³-hybridized carbons (Fsp3) is 0.500. The first-order valence-corrected chi connectivity index (χ1v) is 10.0. The molecule has 0 atom stereocenters. The molecule has 0 aliphatic rings. The van der Waals surface area contributed by atoms with E-state index in [1.165, 1.54) is 10.6 Å². The summed E-state index contributed by atoms with van der Waals surface area (Å²) in [7, 11) is 3.49. The van der Waals surface area contributed by atoms with E-state index in [1.54, 1.807) is 25.5 Å². The summed E-state index contributed by atoms with van der Waals surface area (Å²) in [5.74, 6) is 2.22. The van der Waals surface area contributed by atoms with Crippen LogP contribution in [0.3, 0.4) is 0 Å². The van der Waals surface area contributed by atoms with Gasteiger partial charge < -0.3 is 15.4 Å². The molecule has 0 unspecified atom stereocenters. The maximum absolute atomic E-state index is 5.18. The Morgan fingerprint density at radius 3 is 2.52 bits per heavy atom. The maximum atomic E-state index is 5.18. The van der Waals surface area contributed by atoms with Gasteiger partial charge in [0, 0.05) is 24.9 Å². The lowest BCUT2D eigenvalue weighted by Gasteiger charge is -2.11. The van der Waals surface area contributed by atoms with Gasteiger partial charge in [-0.05, 0) is 37.0 Å². The molecular formula is C20H31IN4OS. The minimum atomic E-state index is 0. The highest BCUT2D eigenvalue weighted by atomic mass is 127. The monoisotopic (exact) mass is 502 g/mol. The third-order valence-electron chi connectivity index (χ3n) is 4.07. The Labute approximate surface area is 184 Å². The molecule has 1 aromatic heterocycles. The molecule has 0 radical (unpaired) electrons. The Morgan fingerprint density at radius 1 is 1.19 bits per heavy atom. The second-order valence-electron chi connectivity index (χ2n) is 6.49. The number of methoxy groups -OCH3 is 1. The third-order valence-corrected chi connectivity index (χ3v) is 5.26. The Morgan fingerprint density at radius 2 is 1.93 bits per heavy atom. The van der Waals surface area contributed by atoms with Crippen molar-refractivity contribution >= 4 is 41.3 Å². The van der Waals surface area contributed by atoms with Crippen LogP contribution in [0.15, 0.2) is 34.6 Å². The van der Waals surface area contributed by atoms with E-state index in [0.29, 0.717) is 12.5 Å². The molecule has 0 aliphatic carbocycles. The van der Waals surface area contributed by atoms with Gasteiger partial charge in [0.15, 0.2) is 5.96 Å². The number of hydrogen-bond donors (Lipinski definition) is 2. The summed E-state index contributed by atoms with van der Waals surface area (Å²) in [5, 5.41) is 10.00. The standard InChI is InChI=1S/C20H30N4OS.HI/c1-15(2)19-24-17(14-26-19)13-23-20(21-3)22-12-6-5-7-16-8-10-18(25-4)11-9-16;/h8-11,14-15H,5-7,12-13H2,1-4H3,(H2,21,22,23);1H. The van der Waals surface area contributed by atoms with E-state index in [-0.39, 0.29) is 24.0 Å². The molecule has 5 nitrogen and oxygen atoms in total. The summed E-state index contributed by atoms with van der Waals surface area (Å²) < 4.78 is 5.18. The molecule has 0 bridgehead atoms. The number of aliphatic imine (C=N–C) groups is 1. The number of hydrogen-bond acceptors (Lipinski definition) is 4. The molecule has 0 saturated carbocycles. The molecule has 0 fully saturated rings. The Bertz CT molecular complexity index is 686. The van der Waals surface area contributed by atoms with Crippen molar-refractivity contribution in [1.82, 2.24) is 15.6 Å². The molecular weight excluding hydrogens is 471 g/mol. The van der Waals surface area contributed by atoms with Gasteiger partial charge in [0.1, 0.15) is 5.75 Å². The predicted octanol–water partition coefficient (Wildman–Crippen LogP) is 4.58. The highest BCUT2D eigenvalue weighted by Crippen LogP contribution is 2.18. The number of thiazole rings is 1. The van der Waals surface area contributed by atoms with E-state index in [4.69, 9.17) is 4.74 Å². The molecule has 0 amide bonds. The average Bonchev–Trinajstić information content (AvgIpc) is 3.14. The van der Waals surface area contributed by atoms with Crippen LogP contribution in [-0.2, 0) is 13.0 Å². The van der Waals surface area contributed by atoms with Crippen LogP contribution in [0.4, 0.5) is 0 Å². The van der Waals surface area contributed by atoms with Gasteiger partial charge in [-0.2, -0.15) is 0 Å². The summed E-state index contributed by atoms with van der Waals surface area (Å²) in [6.45, 7) is 5.95. The highest BCUT2D eigenvalue weighted by molar-refractivity contribution is 14.0. The summed E-state index contributed by atoms with van der Waals surface area (Å²) >= 11 is 1.72. The molecule has 7 heteroatoms.